The molecule has 5 nitrogen and oxygen atoms in total. The number of rotatable bonds is 5. The fraction of sp³-hybridized carbons (Fsp3) is 0.625. The van der Waals surface area contributed by atoms with E-state index < -0.39 is 0 Å². The fourth-order valence-corrected chi connectivity index (χ4v) is 3.51. The number of aliphatic imine (C=N–C) groups is 1. The average molecular weight is 322 g/mol. The molecule has 1 heterocycles. The van der Waals surface area contributed by atoms with Gasteiger partial charge in [0.2, 0.25) is 5.91 Å². The Bertz CT molecular complexity index is 506. The minimum atomic E-state index is 0.0437. The maximum atomic E-state index is 12.0. The number of carbonyl (C=O) groups is 1. The van der Waals surface area contributed by atoms with E-state index in [9.17, 15) is 4.79 Å². The Morgan fingerprint density at radius 2 is 2.09 bits per heavy atom. The van der Waals surface area contributed by atoms with Gasteiger partial charge in [0.05, 0.1) is 13.1 Å². The van der Waals surface area contributed by atoms with Crippen LogP contribution in [0.2, 0.25) is 0 Å². The van der Waals surface area contributed by atoms with Crippen molar-refractivity contribution in [3.8, 4) is 0 Å². The molecular weight excluding hydrogens is 296 g/mol. The molecule has 2 rings (SSSR count). The van der Waals surface area contributed by atoms with Gasteiger partial charge >= 0.3 is 0 Å². The highest BCUT2D eigenvalue weighted by Crippen LogP contribution is 2.17. The summed E-state index contributed by atoms with van der Waals surface area (Å²) in [5.74, 6) is 0.703. The first-order valence-corrected chi connectivity index (χ1v) is 8.84. The van der Waals surface area contributed by atoms with E-state index >= 15 is 0 Å². The first-order chi connectivity index (χ1) is 10.7. The Morgan fingerprint density at radius 1 is 1.32 bits per heavy atom. The van der Waals surface area contributed by atoms with Gasteiger partial charge in [0.1, 0.15) is 0 Å². The number of guanidine groups is 1. The molecule has 0 aromatic carbocycles. The van der Waals surface area contributed by atoms with E-state index in [-0.39, 0.29) is 12.5 Å². The predicted molar refractivity (Wildman–Crippen MR) is 92.3 cm³/mol. The monoisotopic (exact) mass is 322 g/mol. The van der Waals surface area contributed by atoms with Crippen LogP contribution in [0.1, 0.15) is 42.5 Å². The Kier molecular flexibility index (Phi) is 6.71. The van der Waals surface area contributed by atoms with Crippen LogP contribution in [0.15, 0.2) is 16.4 Å². The van der Waals surface area contributed by atoms with E-state index in [1.54, 1.807) is 18.4 Å². The van der Waals surface area contributed by atoms with E-state index in [0.717, 1.165) is 19.4 Å². The van der Waals surface area contributed by atoms with Gasteiger partial charge in [-0.25, -0.2) is 0 Å². The number of nitrogens with zero attached hydrogens (tertiary/aromatic N) is 1. The quantitative estimate of drug-likeness (QED) is 0.575. The van der Waals surface area contributed by atoms with Gasteiger partial charge < -0.3 is 16.0 Å². The highest BCUT2D eigenvalue weighted by Gasteiger charge is 2.15. The van der Waals surface area contributed by atoms with E-state index in [2.05, 4.69) is 39.3 Å². The minimum absolute atomic E-state index is 0.0437. The normalized spacial score (nSPS) is 16.4. The van der Waals surface area contributed by atoms with Gasteiger partial charge in [-0.1, -0.05) is 19.3 Å². The molecule has 0 unspecified atom stereocenters. The predicted octanol–water partition coefficient (Wildman–Crippen LogP) is 2.17. The highest BCUT2D eigenvalue weighted by molar-refractivity contribution is 7.10. The van der Waals surface area contributed by atoms with Gasteiger partial charge in [-0.3, -0.25) is 9.79 Å². The van der Waals surface area contributed by atoms with Crippen LogP contribution in [-0.2, 0) is 11.3 Å². The molecular formula is C16H26N4OS. The molecule has 1 saturated carbocycles. The van der Waals surface area contributed by atoms with Gasteiger partial charge in [0.25, 0.3) is 0 Å². The smallest absolute Gasteiger partial charge is 0.239 e. The van der Waals surface area contributed by atoms with Crippen molar-refractivity contribution in [2.24, 2.45) is 4.99 Å². The summed E-state index contributed by atoms with van der Waals surface area (Å²) in [6, 6.07) is 2.46. The average Bonchev–Trinajstić information content (AvgIpc) is 2.94. The number of amides is 1. The maximum Gasteiger partial charge on any atom is 0.239 e. The summed E-state index contributed by atoms with van der Waals surface area (Å²) in [7, 11) is 1.72. The van der Waals surface area contributed by atoms with Gasteiger partial charge in [0.15, 0.2) is 5.96 Å². The van der Waals surface area contributed by atoms with E-state index in [4.69, 9.17) is 0 Å². The largest absolute Gasteiger partial charge is 0.352 e. The second-order valence-corrected chi connectivity index (χ2v) is 6.71. The van der Waals surface area contributed by atoms with Crippen molar-refractivity contribution < 1.29 is 4.79 Å². The summed E-state index contributed by atoms with van der Waals surface area (Å²) >= 11 is 1.73. The van der Waals surface area contributed by atoms with Crippen LogP contribution in [0, 0.1) is 6.92 Å². The zero-order chi connectivity index (χ0) is 15.8. The lowest BCUT2D eigenvalue weighted by Gasteiger charge is -2.23. The number of aryl methyl sites for hydroxylation is 1. The molecule has 1 amide bonds. The molecule has 122 valence electrons. The summed E-state index contributed by atoms with van der Waals surface area (Å²) in [6.07, 6.45) is 5.96. The Hall–Kier alpha value is -1.56. The van der Waals surface area contributed by atoms with E-state index in [1.807, 2.05) is 0 Å². The summed E-state index contributed by atoms with van der Waals surface area (Å²) in [5.41, 5.74) is 1.28. The minimum Gasteiger partial charge on any atom is -0.352 e. The van der Waals surface area contributed by atoms with Crippen LogP contribution in [0.25, 0.3) is 0 Å². The molecule has 1 aliphatic carbocycles. The van der Waals surface area contributed by atoms with Crippen LogP contribution in [0.3, 0.4) is 0 Å². The molecule has 0 spiro atoms. The Balaban J connectivity index is 1.69. The van der Waals surface area contributed by atoms with E-state index in [1.165, 1.54) is 29.7 Å². The zero-order valence-electron chi connectivity index (χ0n) is 13.4. The van der Waals surface area contributed by atoms with Crippen molar-refractivity contribution >= 4 is 23.2 Å². The first-order valence-electron chi connectivity index (χ1n) is 7.96. The Morgan fingerprint density at radius 3 is 2.73 bits per heavy atom. The molecule has 1 aromatic heterocycles. The third-order valence-corrected chi connectivity index (χ3v) is 5.02. The van der Waals surface area contributed by atoms with Crippen molar-refractivity contribution in [3.63, 3.8) is 0 Å². The second-order valence-electron chi connectivity index (χ2n) is 5.71. The number of carbonyl (C=O) groups excluding carboxylic acids is 1. The van der Waals surface area contributed by atoms with Crippen LogP contribution in [-0.4, -0.2) is 31.5 Å². The molecule has 0 radical (unpaired) electrons. The highest BCUT2D eigenvalue weighted by atomic mass is 32.1. The zero-order valence-corrected chi connectivity index (χ0v) is 14.3. The topological polar surface area (TPSA) is 65.5 Å². The van der Waals surface area contributed by atoms with Crippen molar-refractivity contribution in [2.45, 2.75) is 51.6 Å². The van der Waals surface area contributed by atoms with Crippen molar-refractivity contribution in [2.75, 3.05) is 13.6 Å². The van der Waals surface area contributed by atoms with Gasteiger partial charge in [-0.2, -0.15) is 0 Å². The standard InChI is InChI=1S/C16H26N4OS/c1-12-8-9-22-14(12)10-18-16(17-2)19-11-15(21)20-13-6-4-3-5-7-13/h8-9,13H,3-7,10-11H2,1-2H3,(H,20,21)(H2,17,18,19). The van der Waals surface area contributed by atoms with E-state index in [0.29, 0.717) is 12.0 Å². The third kappa shape index (κ3) is 5.33. The molecule has 3 N–H and O–H groups in total. The molecule has 0 saturated heterocycles. The molecule has 0 aliphatic heterocycles. The molecule has 0 bridgehead atoms. The summed E-state index contributed by atoms with van der Waals surface area (Å²) in [5, 5.41) is 11.5. The van der Waals surface area contributed by atoms with Gasteiger partial charge in [-0.05, 0) is 36.8 Å². The van der Waals surface area contributed by atoms with Crippen LogP contribution < -0.4 is 16.0 Å². The lowest BCUT2D eigenvalue weighted by molar-refractivity contribution is -0.120. The van der Waals surface area contributed by atoms with Crippen LogP contribution >= 0.6 is 11.3 Å². The molecule has 22 heavy (non-hydrogen) atoms. The number of thiophene rings is 1. The number of hydrogen-bond acceptors (Lipinski definition) is 3. The summed E-state index contributed by atoms with van der Waals surface area (Å²) in [6.45, 7) is 3.09. The van der Waals surface area contributed by atoms with Crippen molar-refractivity contribution in [1.82, 2.24) is 16.0 Å². The SMILES string of the molecule is CN=C(NCC(=O)NC1CCCCC1)NCc1sccc1C. The van der Waals surface area contributed by atoms with Crippen molar-refractivity contribution in [3.05, 3.63) is 21.9 Å². The molecule has 1 aliphatic rings. The summed E-state index contributed by atoms with van der Waals surface area (Å²) < 4.78 is 0. The first kappa shape index (κ1) is 16.8. The number of hydrogen-bond donors (Lipinski definition) is 3. The summed E-state index contributed by atoms with van der Waals surface area (Å²) in [4.78, 5) is 17.4. The molecule has 1 fully saturated rings. The fourth-order valence-electron chi connectivity index (χ4n) is 2.66. The maximum absolute atomic E-state index is 12.0. The van der Waals surface area contributed by atoms with Crippen LogP contribution in [0.4, 0.5) is 0 Å². The number of nitrogens with one attached hydrogen (secondary N) is 3. The Labute approximate surface area is 136 Å². The lowest BCUT2D eigenvalue weighted by atomic mass is 9.95. The van der Waals surface area contributed by atoms with Crippen LogP contribution in [0.5, 0.6) is 0 Å². The van der Waals surface area contributed by atoms with Crippen molar-refractivity contribution in [1.29, 1.82) is 0 Å². The van der Waals surface area contributed by atoms with Gasteiger partial charge in [0, 0.05) is 18.0 Å². The third-order valence-electron chi connectivity index (χ3n) is 3.99. The molecule has 0 atom stereocenters. The lowest BCUT2D eigenvalue weighted by Crippen LogP contribution is -2.45. The van der Waals surface area contributed by atoms with Gasteiger partial charge in [-0.15, -0.1) is 11.3 Å². The molecule has 6 heteroatoms. The molecule has 1 aromatic rings. The second kappa shape index (κ2) is 8.78.